The van der Waals surface area contributed by atoms with Crippen LogP contribution in [0.3, 0.4) is 0 Å². The van der Waals surface area contributed by atoms with Gasteiger partial charge in [0.25, 0.3) is 0 Å². The molecule has 170 valence electrons. The van der Waals surface area contributed by atoms with Gasteiger partial charge in [-0.1, -0.05) is 55.9 Å². The van der Waals surface area contributed by atoms with Crippen molar-refractivity contribution >= 4 is 34.5 Å². The zero-order valence-electron chi connectivity index (χ0n) is 18.7. The lowest BCUT2D eigenvalue weighted by Gasteiger charge is -2.28. The molecule has 9 heteroatoms. The van der Waals surface area contributed by atoms with Crippen molar-refractivity contribution < 1.29 is 9.53 Å². The van der Waals surface area contributed by atoms with E-state index in [0.29, 0.717) is 26.3 Å². The first kappa shape index (κ1) is 22.5. The SMILES string of the molecule is CCSc1nc(N2CCOCC2)c2cnn(CCNC(=O)C(CC)c3ccccc3)c2n1. The van der Waals surface area contributed by atoms with Gasteiger partial charge < -0.3 is 15.0 Å². The molecule has 0 bridgehead atoms. The van der Waals surface area contributed by atoms with E-state index in [0.717, 1.165) is 52.8 Å². The molecule has 1 amide bonds. The maximum Gasteiger partial charge on any atom is 0.227 e. The summed E-state index contributed by atoms with van der Waals surface area (Å²) >= 11 is 1.62. The third-order valence-corrected chi connectivity index (χ3v) is 6.32. The number of amides is 1. The van der Waals surface area contributed by atoms with Crippen molar-refractivity contribution in [3.63, 3.8) is 0 Å². The minimum Gasteiger partial charge on any atom is -0.378 e. The highest BCUT2D eigenvalue weighted by atomic mass is 32.2. The number of nitrogens with zero attached hydrogens (tertiary/aromatic N) is 5. The van der Waals surface area contributed by atoms with Crippen LogP contribution in [0.15, 0.2) is 41.7 Å². The number of ether oxygens (including phenoxy) is 1. The van der Waals surface area contributed by atoms with Crippen LogP contribution in [-0.2, 0) is 16.1 Å². The minimum absolute atomic E-state index is 0.0426. The van der Waals surface area contributed by atoms with E-state index in [-0.39, 0.29) is 11.8 Å². The average Bonchev–Trinajstić information content (AvgIpc) is 3.23. The number of aromatic nitrogens is 4. The van der Waals surface area contributed by atoms with Gasteiger partial charge in [0.05, 0.1) is 37.3 Å². The number of anilines is 1. The molecule has 2 aromatic heterocycles. The van der Waals surface area contributed by atoms with Crippen LogP contribution in [0.1, 0.15) is 31.7 Å². The number of nitrogens with one attached hydrogen (secondary N) is 1. The summed E-state index contributed by atoms with van der Waals surface area (Å²) in [6.45, 7) is 8.18. The Morgan fingerprint density at radius 3 is 2.69 bits per heavy atom. The van der Waals surface area contributed by atoms with Crippen molar-refractivity contribution in [2.24, 2.45) is 0 Å². The number of thioether (sulfide) groups is 1. The zero-order chi connectivity index (χ0) is 22.3. The van der Waals surface area contributed by atoms with E-state index in [2.05, 4.69) is 22.2 Å². The second-order valence-corrected chi connectivity index (χ2v) is 8.86. The van der Waals surface area contributed by atoms with Crippen LogP contribution < -0.4 is 10.2 Å². The fraction of sp³-hybridized carbons (Fsp3) is 0.478. The van der Waals surface area contributed by atoms with Crippen LogP contribution in [0.4, 0.5) is 5.82 Å². The highest BCUT2D eigenvalue weighted by molar-refractivity contribution is 7.99. The molecule has 4 rings (SSSR count). The van der Waals surface area contributed by atoms with Gasteiger partial charge in [0.2, 0.25) is 5.91 Å². The lowest BCUT2D eigenvalue weighted by molar-refractivity contribution is -0.122. The van der Waals surface area contributed by atoms with Crippen molar-refractivity contribution in [2.45, 2.75) is 37.9 Å². The molecule has 1 aliphatic rings. The molecule has 1 fully saturated rings. The molecule has 1 aliphatic heterocycles. The predicted octanol–water partition coefficient (Wildman–Crippen LogP) is 3.08. The molecule has 1 unspecified atom stereocenters. The summed E-state index contributed by atoms with van der Waals surface area (Å²) in [6.07, 6.45) is 2.59. The van der Waals surface area contributed by atoms with E-state index in [1.54, 1.807) is 11.8 Å². The van der Waals surface area contributed by atoms with Crippen LogP contribution in [-0.4, -0.2) is 64.3 Å². The first-order valence-corrected chi connectivity index (χ1v) is 12.2. The molecule has 3 heterocycles. The topological polar surface area (TPSA) is 85.2 Å². The van der Waals surface area contributed by atoms with Gasteiger partial charge in [0.15, 0.2) is 10.8 Å². The van der Waals surface area contributed by atoms with E-state index in [4.69, 9.17) is 14.7 Å². The molecule has 32 heavy (non-hydrogen) atoms. The fourth-order valence-corrected chi connectivity index (χ4v) is 4.52. The molecular weight excluding hydrogens is 424 g/mol. The van der Waals surface area contributed by atoms with Gasteiger partial charge in [-0.15, -0.1) is 0 Å². The highest BCUT2D eigenvalue weighted by Crippen LogP contribution is 2.27. The van der Waals surface area contributed by atoms with Crippen molar-refractivity contribution in [3.8, 4) is 0 Å². The van der Waals surface area contributed by atoms with Gasteiger partial charge in [-0.25, -0.2) is 14.6 Å². The molecule has 1 atom stereocenters. The minimum atomic E-state index is -0.145. The van der Waals surface area contributed by atoms with Gasteiger partial charge in [0.1, 0.15) is 5.82 Å². The summed E-state index contributed by atoms with van der Waals surface area (Å²) in [6, 6.07) is 9.92. The third-order valence-electron chi connectivity index (χ3n) is 5.59. The lowest BCUT2D eigenvalue weighted by atomic mass is 9.96. The van der Waals surface area contributed by atoms with E-state index in [9.17, 15) is 4.79 Å². The van der Waals surface area contributed by atoms with Crippen molar-refractivity contribution in [2.75, 3.05) is 43.5 Å². The van der Waals surface area contributed by atoms with Crippen LogP contribution in [0.5, 0.6) is 0 Å². The van der Waals surface area contributed by atoms with Crippen molar-refractivity contribution in [1.82, 2.24) is 25.1 Å². The molecule has 1 saturated heterocycles. The van der Waals surface area contributed by atoms with E-state index >= 15 is 0 Å². The number of carbonyl (C=O) groups excluding carboxylic acids is 1. The Labute approximate surface area is 192 Å². The maximum atomic E-state index is 12.8. The first-order chi connectivity index (χ1) is 15.7. The molecule has 0 spiro atoms. The average molecular weight is 455 g/mol. The smallest absolute Gasteiger partial charge is 0.227 e. The largest absolute Gasteiger partial charge is 0.378 e. The number of benzene rings is 1. The first-order valence-electron chi connectivity index (χ1n) is 11.2. The van der Waals surface area contributed by atoms with Gasteiger partial charge in [-0.3, -0.25) is 4.79 Å². The Balaban J connectivity index is 1.49. The lowest BCUT2D eigenvalue weighted by Crippen LogP contribution is -2.37. The molecule has 1 N–H and O–H groups in total. The van der Waals surface area contributed by atoms with Crippen LogP contribution >= 0.6 is 11.8 Å². The monoisotopic (exact) mass is 454 g/mol. The molecule has 0 radical (unpaired) electrons. The van der Waals surface area contributed by atoms with Gasteiger partial charge in [-0.05, 0) is 17.7 Å². The predicted molar refractivity (Wildman–Crippen MR) is 127 cm³/mol. The summed E-state index contributed by atoms with van der Waals surface area (Å²) in [7, 11) is 0. The van der Waals surface area contributed by atoms with Crippen LogP contribution in [0.2, 0.25) is 0 Å². The third kappa shape index (κ3) is 5.05. The highest BCUT2D eigenvalue weighted by Gasteiger charge is 2.21. The summed E-state index contributed by atoms with van der Waals surface area (Å²) in [5.74, 6) is 1.71. The van der Waals surface area contributed by atoms with Crippen LogP contribution in [0.25, 0.3) is 11.0 Å². The van der Waals surface area contributed by atoms with Crippen LogP contribution in [0, 0.1) is 0 Å². The number of carbonyl (C=O) groups is 1. The fourth-order valence-electron chi connectivity index (χ4n) is 3.96. The number of morpholine rings is 1. The van der Waals surface area contributed by atoms with E-state index in [1.165, 1.54) is 0 Å². The van der Waals surface area contributed by atoms with E-state index in [1.807, 2.05) is 48.1 Å². The number of hydrogen-bond donors (Lipinski definition) is 1. The zero-order valence-corrected chi connectivity index (χ0v) is 19.5. The quantitative estimate of drug-likeness (QED) is 0.393. The number of fused-ring (bicyclic) bond motifs is 1. The maximum absolute atomic E-state index is 12.8. The number of rotatable bonds is 9. The summed E-state index contributed by atoms with van der Waals surface area (Å²) in [5.41, 5.74) is 1.85. The van der Waals surface area contributed by atoms with Gasteiger partial charge >= 0.3 is 0 Å². The summed E-state index contributed by atoms with van der Waals surface area (Å²) < 4.78 is 7.37. The van der Waals surface area contributed by atoms with E-state index < -0.39 is 0 Å². The van der Waals surface area contributed by atoms with Gasteiger partial charge in [0, 0.05) is 19.6 Å². The molecular formula is C23H30N6O2S. The standard InChI is InChI=1S/C23H30N6O2S/c1-3-18(17-8-6-5-7-9-17)22(30)24-10-11-29-21-19(16-25-29)20(26-23(27-21)32-4-2)28-12-14-31-15-13-28/h5-9,16,18H,3-4,10-15H2,1-2H3,(H,24,30). The summed E-state index contributed by atoms with van der Waals surface area (Å²) in [5, 5.41) is 9.34. The molecule has 1 aromatic carbocycles. The normalized spacial score (nSPS) is 15.1. The Kier molecular flexibility index (Phi) is 7.59. The van der Waals surface area contributed by atoms with Gasteiger partial charge in [-0.2, -0.15) is 5.10 Å². The molecule has 0 aliphatic carbocycles. The van der Waals surface area contributed by atoms with Crippen molar-refractivity contribution in [3.05, 3.63) is 42.1 Å². The number of hydrogen-bond acceptors (Lipinski definition) is 7. The Morgan fingerprint density at radius 1 is 1.19 bits per heavy atom. The Hall–Kier alpha value is -2.65. The Bertz CT molecular complexity index is 1040. The second kappa shape index (κ2) is 10.8. The molecule has 0 saturated carbocycles. The van der Waals surface area contributed by atoms with Crippen molar-refractivity contribution in [1.29, 1.82) is 0 Å². The summed E-state index contributed by atoms with van der Waals surface area (Å²) in [4.78, 5) is 24.6. The second-order valence-electron chi connectivity index (χ2n) is 7.63. The molecule has 3 aromatic rings. The molecule has 8 nitrogen and oxygen atoms in total. The Morgan fingerprint density at radius 2 is 1.97 bits per heavy atom.